The molecule has 0 aromatic carbocycles. The van der Waals surface area contributed by atoms with Gasteiger partial charge in [0.1, 0.15) is 0 Å². The molecule has 0 aliphatic heterocycles. The lowest BCUT2D eigenvalue weighted by Gasteiger charge is -2.38. The van der Waals surface area contributed by atoms with E-state index in [9.17, 15) is 8.78 Å². The fourth-order valence-corrected chi connectivity index (χ4v) is 5.35. The Bertz CT molecular complexity index is 532. The van der Waals surface area contributed by atoms with Crippen molar-refractivity contribution in [3.05, 3.63) is 23.9 Å². The number of rotatable bonds is 8. The molecule has 1 aromatic heterocycles. The fraction of sp³-hybridized carbons (Fsp3) is 0.783. The predicted molar refractivity (Wildman–Crippen MR) is 105 cm³/mol. The average molecular weight is 380 g/mol. The monoisotopic (exact) mass is 379 g/mol. The molecule has 4 heteroatoms. The van der Waals surface area contributed by atoms with Crippen LogP contribution in [0.5, 0.6) is 5.88 Å². The lowest BCUT2D eigenvalue weighted by atomic mass is 9.68. The SMILES string of the molecule is CCCCCC1CCC(C2CCC(c3ccc(OC(F)F)nc3)CC2)CC1. The van der Waals surface area contributed by atoms with Crippen LogP contribution in [0.1, 0.15) is 95.5 Å². The highest BCUT2D eigenvalue weighted by molar-refractivity contribution is 5.21. The third-order valence-electron chi connectivity index (χ3n) is 6.99. The van der Waals surface area contributed by atoms with Gasteiger partial charge in [-0.25, -0.2) is 4.98 Å². The van der Waals surface area contributed by atoms with Crippen LogP contribution >= 0.6 is 0 Å². The molecule has 2 aliphatic carbocycles. The summed E-state index contributed by atoms with van der Waals surface area (Å²) in [6, 6.07) is 3.49. The summed E-state index contributed by atoms with van der Waals surface area (Å²) in [5, 5.41) is 0. The standard InChI is InChI=1S/C23H35F2NO/c1-2-3-4-5-17-6-8-18(9-7-17)19-10-12-20(13-11-19)21-14-15-22(26-16-21)27-23(24)25/h14-20,23H,2-13H2,1H3. The number of nitrogens with zero attached hydrogens (tertiary/aromatic N) is 1. The predicted octanol–water partition coefficient (Wildman–Crippen LogP) is 7.34. The van der Waals surface area contributed by atoms with Gasteiger partial charge in [0.05, 0.1) is 0 Å². The van der Waals surface area contributed by atoms with E-state index in [1.807, 2.05) is 6.07 Å². The zero-order chi connectivity index (χ0) is 19.1. The lowest BCUT2D eigenvalue weighted by molar-refractivity contribution is -0.0528. The summed E-state index contributed by atoms with van der Waals surface area (Å²) in [5.74, 6) is 3.36. The van der Waals surface area contributed by atoms with Crippen LogP contribution in [0.4, 0.5) is 8.78 Å². The van der Waals surface area contributed by atoms with Gasteiger partial charge in [0.25, 0.3) is 0 Å². The molecule has 2 aliphatic rings. The lowest BCUT2D eigenvalue weighted by Crippen LogP contribution is -2.25. The highest BCUT2D eigenvalue weighted by atomic mass is 19.3. The van der Waals surface area contributed by atoms with Crippen molar-refractivity contribution in [2.24, 2.45) is 17.8 Å². The molecule has 0 amide bonds. The number of ether oxygens (including phenoxy) is 1. The van der Waals surface area contributed by atoms with E-state index in [2.05, 4.69) is 16.6 Å². The molecule has 3 rings (SSSR count). The number of hydrogen-bond donors (Lipinski definition) is 0. The summed E-state index contributed by atoms with van der Waals surface area (Å²) >= 11 is 0. The van der Waals surface area contributed by atoms with E-state index in [0.29, 0.717) is 5.92 Å². The summed E-state index contributed by atoms with van der Waals surface area (Å²) in [4.78, 5) is 4.04. The maximum Gasteiger partial charge on any atom is 0.388 e. The first-order valence-electron chi connectivity index (χ1n) is 11.1. The first-order valence-corrected chi connectivity index (χ1v) is 11.1. The van der Waals surface area contributed by atoms with Gasteiger partial charge in [-0.05, 0) is 67.8 Å². The van der Waals surface area contributed by atoms with Crippen molar-refractivity contribution in [3.63, 3.8) is 0 Å². The molecule has 0 saturated heterocycles. The minimum atomic E-state index is -2.81. The Kier molecular flexibility index (Phi) is 7.90. The molecule has 0 atom stereocenters. The topological polar surface area (TPSA) is 22.1 Å². The molecular formula is C23H35F2NO. The number of pyridine rings is 1. The van der Waals surface area contributed by atoms with Gasteiger partial charge in [-0.15, -0.1) is 0 Å². The number of unbranched alkanes of at least 4 members (excludes halogenated alkanes) is 2. The molecule has 1 aromatic rings. The third kappa shape index (κ3) is 6.15. The van der Waals surface area contributed by atoms with E-state index in [0.717, 1.165) is 17.8 Å². The van der Waals surface area contributed by atoms with Crippen molar-refractivity contribution in [1.82, 2.24) is 4.98 Å². The number of aromatic nitrogens is 1. The van der Waals surface area contributed by atoms with E-state index in [-0.39, 0.29) is 5.88 Å². The second kappa shape index (κ2) is 10.4. The molecule has 1 heterocycles. The molecule has 27 heavy (non-hydrogen) atoms. The van der Waals surface area contributed by atoms with Gasteiger partial charge in [-0.2, -0.15) is 8.78 Å². The third-order valence-corrected chi connectivity index (χ3v) is 6.99. The summed E-state index contributed by atoms with van der Waals surface area (Å²) in [7, 11) is 0. The van der Waals surface area contributed by atoms with Crippen molar-refractivity contribution < 1.29 is 13.5 Å². The normalized spacial score (nSPS) is 29.0. The van der Waals surface area contributed by atoms with E-state index in [4.69, 9.17) is 0 Å². The molecule has 152 valence electrons. The molecule has 2 nitrogen and oxygen atoms in total. The van der Waals surface area contributed by atoms with Crippen LogP contribution in [0, 0.1) is 17.8 Å². The maximum absolute atomic E-state index is 12.2. The zero-order valence-electron chi connectivity index (χ0n) is 16.7. The van der Waals surface area contributed by atoms with Crippen molar-refractivity contribution in [1.29, 1.82) is 0 Å². The minimum Gasteiger partial charge on any atom is -0.417 e. The molecule has 0 N–H and O–H groups in total. The van der Waals surface area contributed by atoms with E-state index in [1.54, 1.807) is 12.3 Å². The Morgan fingerprint density at radius 1 is 0.963 bits per heavy atom. The molecule has 0 radical (unpaired) electrons. The zero-order valence-corrected chi connectivity index (χ0v) is 16.7. The van der Waals surface area contributed by atoms with Crippen LogP contribution in [-0.4, -0.2) is 11.6 Å². The van der Waals surface area contributed by atoms with Gasteiger partial charge in [0.15, 0.2) is 0 Å². The molecular weight excluding hydrogens is 344 g/mol. The Morgan fingerprint density at radius 2 is 1.63 bits per heavy atom. The fourth-order valence-electron chi connectivity index (χ4n) is 5.35. The number of alkyl halides is 2. The molecule has 0 bridgehead atoms. The molecule has 2 fully saturated rings. The van der Waals surface area contributed by atoms with Gasteiger partial charge in [0, 0.05) is 12.3 Å². The Hall–Kier alpha value is -1.19. The molecule has 0 spiro atoms. The Balaban J connectivity index is 1.40. The Labute approximate surface area is 163 Å². The highest BCUT2D eigenvalue weighted by Gasteiger charge is 2.31. The molecule has 0 unspecified atom stereocenters. The Morgan fingerprint density at radius 3 is 2.19 bits per heavy atom. The van der Waals surface area contributed by atoms with Gasteiger partial charge in [0.2, 0.25) is 5.88 Å². The highest BCUT2D eigenvalue weighted by Crippen LogP contribution is 2.44. The smallest absolute Gasteiger partial charge is 0.388 e. The van der Waals surface area contributed by atoms with Crippen LogP contribution < -0.4 is 4.74 Å². The second-order valence-electron chi connectivity index (χ2n) is 8.70. The van der Waals surface area contributed by atoms with Crippen LogP contribution in [0.15, 0.2) is 18.3 Å². The number of hydrogen-bond acceptors (Lipinski definition) is 2. The summed E-state index contributed by atoms with van der Waals surface area (Å²) in [5.41, 5.74) is 1.18. The van der Waals surface area contributed by atoms with Crippen molar-refractivity contribution >= 4 is 0 Å². The van der Waals surface area contributed by atoms with Gasteiger partial charge < -0.3 is 4.74 Å². The van der Waals surface area contributed by atoms with Gasteiger partial charge >= 0.3 is 6.61 Å². The van der Waals surface area contributed by atoms with E-state index in [1.165, 1.54) is 82.6 Å². The van der Waals surface area contributed by atoms with Crippen molar-refractivity contribution in [2.45, 2.75) is 96.5 Å². The van der Waals surface area contributed by atoms with Crippen molar-refractivity contribution in [2.75, 3.05) is 0 Å². The first-order chi connectivity index (χ1) is 13.2. The summed E-state index contributed by atoms with van der Waals surface area (Å²) in [6.07, 6.45) is 18.1. The van der Waals surface area contributed by atoms with Crippen LogP contribution in [0.2, 0.25) is 0 Å². The average Bonchev–Trinajstić information content (AvgIpc) is 2.69. The quantitative estimate of drug-likeness (QED) is 0.441. The number of halogens is 2. The largest absolute Gasteiger partial charge is 0.417 e. The van der Waals surface area contributed by atoms with Crippen molar-refractivity contribution in [3.8, 4) is 5.88 Å². The van der Waals surface area contributed by atoms with Crippen LogP contribution in [0.3, 0.4) is 0 Å². The first kappa shape index (κ1) is 20.5. The van der Waals surface area contributed by atoms with Crippen LogP contribution in [0.25, 0.3) is 0 Å². The molecule has 2 saturated carbocycles. The van der Waals surface area contributed by atoms with Crippen LogP contribution in [-0.2, 0) is 0 Å². The van der Waals surface area contributed by atoms with Gasteiger partial charge in [-0.1, -0.05) is 51.5 Å². The van der Waals surface area contributed by atoms with Gasteiger partial charge in [-0.3, -0.25) is 0 Å². The summed E-state index contributed by atoms with van der Waals surface area (Å²) in [6.45, 7) is -0.518. The maximum atomic E-state index is 12.2. The second-order valence-corrected chi connectivity index (χ2v) is 8.70. The van der Waals surface area contributed by atoms with E-state index >= 15 is 0 Å². The minimum absolute atomic E-state index is 0.0122. The summed E-state index contributed by atoms with van der Waals surface area (Å²) < 4.78 is 28.8. The van der Waals surface area contributed by atoms with E-state index < -0.39 is 6.61 Å².